The third-order valence-corrected chi connectivity index (χ3v) is 2.72. The zero-order valence-corrected chi connectivity index (χ0v) is 11.0. The quantitative estimate of drug-likeness (QED) is 0.775. The number of nitrogens with zero attached hydrogens (tertiary/aromatic N) is 4. The van der Waals surface area contributed by atoms with Crippen LogP contribution in [0.25, 0.3) is 0 Å². The lowest BCUT2D eigenvalue weighted by Crippen LogP contribution is -2.25. The van der Waals surface area contributed by atoms with Crippen molar-refractivity contribution in [2.75, 3.05) is 0 Å². The van der Waals surface area contributed by atoms with Crippen molar-refractivity contribution in [3.8, 4) is 0 Å². The Balaban J connectivity index is 1.80. The molecule has 0 unspecified atom stereocenters. The molecule has 2 N–H and O–H groups in total. The monoisotopic (exact) mass is 277 g/mol. The van der Waals surface area contributed by atoms with Gasteiger partial charge in [0, 0.05) is 25.9 Å². The van der Waals surface area contributed by atoms with Gasteiger partial charge >= 0.3 is 5.97 Å². The van der Waals surface area contributed by atoms with Crippen molar-refractivity contribution in [2.24, 2.45) is 7.05 Å². The van der Waals surface area contributed by atoms with Crippen LogP contribution in [0.15, 0.2) is 24.5 Å². The molecule has 2 aromatic rings. The molecule has 8 nitrogen and oxygen atoms in total. The predicted octanol–water partition coefficient (Wildman–Crippen LogP) is 0.0213. The lowest BCUT2D eigenvalue weighted by atomic mass is 10.3. The van der Waals surface area contributed by atoms with Gasteiger partial charge in [0.15, 0.2) is 0 Å². The Morgan fingerprint density at radius 3 is 2.85 bits per heavy atom. The average Bonchev–Trinajstić information content (AvgIpc) is 3.02. The van der Waals surface area contributed by atoms with E-state index >= 15 is 0 Å². The normalized spacial score (nSPS) is 10.4. The molecule has 0 aromatic carbocycles. The smallest absolute Gasteiger partial charge is 0.354 e. The van der Waals surface area contributed by atoms with Crippen LogP contribution < -0.4 is 5.32 Å². The highest BCUT2D eigenvalue weighted by Gasteiger charge is 2.11. The number of hydrogen-bond donors (Lipinski definition) is 2. The average molecular weight is 277 g/mol. The van der Waals surface area contributed by atoms with E-state index in [0.717, 1.165) is 5.69 Å². The van der Waals surface area contributed by atoms with Crippen LogP contribution in [0.1, 0.15) is 22.6 Å². The van der Waals surface area contributed by atoms with Crippen LogP contribution in [0.2, 0.25) is 0 Å². The van der Waals surface area contributed by atoms with E-state index in [0.29, 0.717) is 6.54 Å². The third kappa shape index (κ3) is 3.44. The van der Waals surface area contributed by atoms with Gasteiger partial charge in [-0.3, -0.25) is 14.2 Å². The van der Waals surface area contributed by atoms with E-state index in [1.54, 1.807) is 17.9 Å². The highest BCUT2D eigenvalue weighted by molar-refractivity contribution is 5.85. The van der Waals surface area contributed by atoms with Crippen LogP contribution in [-0.4, -0.2) is 36.5 Å². The van der Waals surface area contributed by atoms with Gasteiger partial charge in [-0.2, -0.15) is 10.2 Å². The van der Waals surface area contributed by atoms with Crippen LogP contribution in [0, 0.1) is 0 Å². The number of carbonyl (C=O) groups excluding carboxylic acids is 1. The lowest BCUT2D eigenvalue weighted by molar-refractivity contribution is -0.121. The number of rotatable bonds is 6. The number of aromatic carboxylic acids is 1. The highest BCUT2D eigenvalue weighted by atomic mass is 16.4. The molecule has 0 aliphatic rings. The SMILES string of the molecule is Cn1ccc(CNC(=O)CCn2nccc2C(=O)O)n1. The second-order valence-electron chi connectivity index (χ2n) is 4.25. The zero-order chi connectivity index (χ0) is 14.5. The molecule has 0 aliphatic carbocycles. The molecule has 106 valence electrons. The number of carboxylic acids is 1. The van der Waals surface area contributed by atoms with Crippen LogP contribution in [0.5, 0.6) is 0 Å². The molecule has 20 heavy (non-hydrogen) atoms. The summed E-state index contributed by atoms with van der Waals surface area (Å²) in [6.45, 7) is 0.577. The number of carbonyl (C=O) groups is 2. The number of amides is 1. The Kier molecular flexibility index (Phi) is 4.14. The Labute approximate surface area is 115 Å². The van der Waals surface area contributed by atoms with Gasteiger partial charge in [-0.15, -0.1) is 0 Å². The molecule has 2 aromatic heterocycles. The van der Waals surface area contributed by atoms with Gasteiger partial charge in [-0.1, -0.05) is 0 Å². The summed E-state index contributed by atoms with van der Waals surface area (Å²) in [4.78, 5) is 22.5. The van der Waals surface area contributed by atoms with E-state index in [2.05, 4.69) is 15.5 Å². The Bertz CT molecular complexity index is 616. The van der Waals surface area contributed by atoms with Crippen LogP contribution in [0.3, 0.4) is 0 Å². The number of carboxylic acid groups (broad SMARTS) is 1. The summed E-state index contributed by atoms with van der Waals surface area (Å²) >= 11 is 0. The van der Waals surface area contributed by atoms with E-state index < -0.39 is 5.97 Å². The Hall–Kier alpha value is -2.64. The third-order valence-electron chi connectivity index (χ3n) is 2.72. The molecule has 0 fully saturated rings. The van der Waals surface area contributed by atoms with Crippen molar-refractivity contribution in [3.63, 3.8) is 0 Å². The number of nitrogens with one attached hydrogen (secondary N) is 1. The van der Waals surface area contributed by atoms with Gasteiger partial charge in [0.05, 0.1) is 18.8 Å². The molecule has 0 radical (unpaired) electrons. The predicted molar refractivity (Wildman–Crippen MR) is 68.9 cm³/mol. The molecule has 0 aliphatic heterocycles. The van der Waals surface area contributed by atoms with Crippen molar-refractivity contribution < 1.29 is 14.7 Å². The fourth-order valence-electron chi connectivity index (χ4n) is 1.73. The van der Waals surface area contributed by atoms with Crippen molar-refractivity contribution in [1.82, 2.24) is 24.9 Å². The van der Waals surface area contributed by atoms with Crippen molar-refractivity contribution in [3.05, 3.63) is 35.9 Å². The summed E-state index contributed by atoms with van der Waals surface area (Å²) < 4.78 is 2.95. The standard InChI is InChI=1S/C12H15N5O3/c1-16-6-3-9(15-16)8-13-11(18)4-7-17-10(12(19)20)2-5-14-17/h2-3,5-6H,4,7-8H2,1H3,(H,13,18)(H,19,20). The van der Waals surface area contributed by atoms with E-state index in [9.17, 15) is 9.59 Å². The summed E-state index contributed by atoms with van der Waals surface area (Å²) in [6.07, 6.45) is 3.36. The summed E-state index contributed by atoms with van der Waals surface area (Å²) in [5.74, 6) is -1.24. The van der Waals surface area contributed by atoms with E-state index in [-0.39, 0.29) is 24.6 Å². The number of hydrogen-bond acceptors (Lipinski definition) is 4. The first-order valence-electron chi connectivity index (χ1n) is 6.06. The Morgan fingerprint density at radius 2 is 2.20 bits per heavy atom. The largest absolute Gasteiger partial charge is 0.477 e. The molecule has 0 saturated heterocycles. The summed E-state index contributed by atoms with van der Waals surface area (Å²) in [7, 11) is 1.80. The minimum absolute atomic E-state index is 0.0718. The molecule has 0 bridgehead atoms. The van der Waals surface area contributed by atoms with Crippen LogP contribution in [-0.2, 0) is 24.9 Å². The topological polar surface area (TPSA) is 102 Å². The van der Waals surface area contributed by atoms with Gasteiger partial charge in [-0.25, -0.2) is 4.79 Å². The number of aryl methyl sites for hydroxylation is 2. The first-order chi connectivity index (χ1) is 9.56. The second-order valence-corrected chi connectivity index (χ2v) is 4.25. The minimum atomic E-state index is -1.06. The van der Waals surface area contributed by atoms with Crippen LogP contribution >= 0.6 is 0 Å². The maximum Gasteiger partial charge on any atom is 0.354 e. The molecule has 2 heterocycles. The van der Waals surface area contributed by atoms with Gasteiger partial charge in [0.2, 0.25) is 5.91 Å². The summed E-state index contributed by atoms with van der Waals surface area (Å²) in [5, 5.41) is 19.6. The van der Waals surface area contributed by atoms with E-state index in [1.807, 2.05) is 6.07 Å². The first-order valence-corrected chi connectivity index (χ1v) is 6.06. The first kappa shape index (κ1) is 13.8. The van der Waals surface area contributed by atoms with Crippen molar-refractivity contribution >= 4 is 11.9 Å². The molecular weight excluding hydrogens is 262 g/mol. The molecule has 2 rings (SSSR count). The maximum absolute atomic E-state index is 11.7. The van der Waals surface area contributed by atoms with Crippen molar-refractivity contribution in [2.45, 2.75) is 19.5 Å². The highest BCUT2D eigenvalue weighted by Crippen LogP contribution is 2.00. The fourth-order valence-corrected chi connectivity index (χ4v) is 1.73. The fraction of sp³-hybridized carbons (Fsp3) is 0.333. The van der Waals surface area contributed by atoms with E-state index in [4.69, 9.17) is 5.11 Å². The summed E-state index contributed by atoms with van der Waals surface area (Å²) in [6, 6.07) is 3.21. The maximum atomic E-state index is 11.7. The molecular formula is C12H15N5O3. The molecule has 0 spiro atoms. The lowest BCUT2D eigenvalue weighted by Gasteiger charge is -2.05. The minimum Gasteiger partial charge on any atom is -0.477 e. The summed E-state index contributed by atoms with van der Waals surface area (Å²) in [5.41, 5.74) is 0.841. The van der Waals surface area contributed by atoms with Gasteiger partial charge in [0.25, 0.3) is 0 Å². The molecule has 0 atom stereocenters. The van der Waals surface area contributed by atoms with Gasteiger partial charge in [-0.05, 0) is 12.1 Å². The zero-order valence-electron chi connectivity index (χ0n) is 11.0. The van der Waals surface area contributed by atoms with E-state index in [1.165, 1.54) is 16.9 Å². The van der Waals surface area contributed by atoms with Gasteiger partial charge < -0.3 is 10.4 Å². The molecule has 8 heteroatoms. The van der Waals surface area contributed by atoms with Gasteiger partial charge in [0.1, 0.15) is 5.69 Å². The molecule has 0 saturated carbocycles. The Morgan fingerprint density at radius 1 is 1.40 bits per heavy atom. The van der Waals surface area contributed by atoms with Crippen LogP contribution in [0.4, 0.5) is 0 Å². The molecule has 1 amide bonds. The van der Waals surface area contributed by atoms with Crippen molar-refractivity contribution in [1.29, 1.82) is 0 Å². The number of aromatic nitrogens is 4. The second kappa shape index (κ2) is 6.00.